The van der Waals surface area contributed by atoms with Crippen LogP contribution in [0.4, 0.5) is 5.69 Å². The molecule has 8 nitrogen and oxygen atoms in total. The summed E-state index contributed by atoms with van der Waals surface area (Å²) in [5.41, 5.74) is 0.825. The molecule has 0 atom stereocenters. The van der Waals surface area contributed by atoms with Gasteiger partial charge in [0.2, 0.25) is 0 Å². The molecule has 0 aliphatic rings. The van der Waals surface area contributed by atoms with Crippen LogP contribution in [-0.2, 0) is 11.3 Å². The normalized spacial score (nSPS) is 11.1. The van der Waals surface area contributed by atoms with Gasteiger partial charge in [0, 0.05) is 12.1 Å². The first-order valence-electron chi connectivity index (χ1n) is 8.25. The van der Waals surface area contributed by atoms with Crippen LogP contribution in [0.25, 0.3) is 17.4 Å². The number of carbonyl (C=O) groups is 1. The van der Waals surface area contributed by atoms with Crippen molar-refractivity contribution in [1.29, 1.82) is 5.26 Å². The lowest BCUT2D eigenvalue weighted by Gasteiger charge is -2.02. The van der Waals surface area contributed by atoms with Crippen molar-refractivity contribution in [1.82, 2.24) is 5.32 Å². The Kier molecular flexibility index (Phi) is 5.37. The van der Waals surface area contributed by atoms with Gasteiger partial charge >= 0.3 is 0 Å². The molecule has 1 N–H and O–H groups in total. The Morgan fingerprint density at radius 2 is 2.14 bits per heavy atom. The molecule has 8 heteroatoms. The number of hydrogen-bond donors (Lipinski definition) is 1. The average molecular weight is 377 g/mol. The predicted octanol–water partition coefficient (Wildman–Crippen LogP) is 3.98. The molecule has 140 valence electrons. The quantitative estimate of drug-likeness (QED) is 0.300. The molecule has 3 rings (SSSR count). The molecule has 0 radical (unpaired) electrons. The Morgan fingerprint density at radius 1 is 1.32 bits per heavy atom. The summed E-state index contributed by atoms with van der Waals surface area (Å²) in [5.74, 6) is 0.469. The summed E-state index contributed by atoms with van der Waals surface area (Å²) in [4.78, 5) is 23.0. The first kappa shape index (κ1) is 18.7. The number of nitrogens with zero attached hydrogens (tertiary/aromatic N) is 2. The van der Waals surface area contributed by atoms with Crippen molar-refractivity contribution < 1.29 is 18.6 Å². The Balaban J connectivity index is 1.82. The lowest BCUT2D eigenvalue weighted by Crippen LogP contribution is -2.23. The van der Waals surface area contributed by atoms with E-state index in [0.717, 1.165) is 5.56 Å². The SMILES string of the molecule is Cc1ccc(-c2ccc(C=C(C#N)C(=O)NCc3ccco3)o2)c([N+](=O)[O-])c1. The van der Waals surface area contributed by atoms with Crippen molar-refractivity contribution in [3.8, 4) is 17.4 Å². The molecule has 0 unspecified atom stereocenters. The largest absolute Gasteiger partial charge is 0.467 e. The highest BCUT2D eigenvalue weighted by atomic mass is 16.6. The number of amides is 1. The van der Waals surface area contributed by atoms with Crippen molar-refractivity contribution in [2.75, 3.05) is 0 Å². The number of nitro benzene ring substituents is 1. The van der Waals surface area contributed by atoms with Crippen LogP contribution < -0.4 is 5.32 Å². The average Bonchev–Trinajstić information content (AvgIpc) is 3.36. The second-order valence-electron chi connectivity index (χ2n) is 5.91. The first-order valence-corrected chi connectivity index (χ1v) is 8.25. The van der Waals surface area contributed by atoms with Crippen molar-refractivity contribution in [3.63, 3.8) is 0 Å². The third-order valence-corrected chi connectivity index (χ3v) is 3.90. The maximum Gasteiger partial charge on any atom is 0.280 e. The molecule has 1 amide bonds. The van der Waals surface area contributed by atoms with Gasteiger partial charge < -0.3 is 14.2 Å². The van der Waals surface area contributed by atoms with E-state index in [-0.39, 0.29) is 29.3 Å². The summed E-state index contributed by atoms with van der Waals surface area (Å²) < 4.78 is 10.7. The molecule has 0 saturated heterocycles. The molecule has 0 bridgehead atoms. The molecule has 0 spiro atoms. The molecular weight excluding hydrogens is 362 g/mol. The van der Waals surface area contributed by atoms with Crippen LogP contribution in [0.5, 0.6) is 0 Å². The van der Waals surface area contributed by atoms with Gasteiger partial charge in [0.15, 0.2) is 0 Å². The van der Waals surface area contributed by atoms with Crippen LogP contribution in [-0.4, -0.2) is 10.8 Å². The lowest BCUT2D eigenvalue weighted by molar-refractivity contribution is -0.384. The fraction of sp³-hybridized carbons (Fsp3) is 0.100. The van der Waals surface area contributed by atoms with E-state index < -0.39 is 10.8 Å². The van der Waals surface area contributed by atoms with Crippen LogP contribution in [0.1, 0.15) is 17.1 Å². The summed E-state index contributed by atoms with van der Waals surface area (Å²) in [7, 11) is 0. The molecular formula is C20H15N3O5. The summed E-state index contributed by atoms with van der Waals surface area (Å²) in [6, 6.07) is 13.1. The third kappa shape index (κ3) is 4.16. The van der Waals surface area contributed by atoms with Crippen LogP contribution >= 0.6 is 0 Å². The van der Waals surface area contributed by atoms with E-state index in [1.807, 2.05) is 6.07 Å². The van der Waals surface area contributed by atoms with Crippen molar-refractivity contribution in [2.24, 2.45) is 0 Å². The van der Waals surface area contributed by atoms with Gasteiger partial charge in [0.25, 0.3) is 11.6 Å². The Morgan fingerprint density at radius 3 is 2.82 bits per heavy atom. The molecule has 0 aliphatic heterocycles. The standard InChI is InChI=1S/C20H15N3O5/c1-13-4-6-17(18(9-13)23(25)26)19-7-5-15(28-19)10-14(11-21)20(24)22-12-16-3-2-8-27-16/h2-10H,12H2,1H3,(H,22,24). The summed E-state index contributed by atoms with van der Waals surface area (Å²) in [6.07, 6.45) is 2.76. The van der Waals surface area contributed by atoms with E-state index in [2.05, 4.69) is 5.32 Å². The molecule has 1 aromatic carbocycles. The highest BCUT2D eigenvalue weighted by Gasteiger charge is 2.18. The summed E-state index contributed by atoms with van der Waals surface area (Å²) in [6.45, 7) is 1.90. The number of furan rings is 2. The highest BCUT2D eigenvalue weighted by Crippen LogP contribution is 2.32. The van der Waals surface area contributed by atoms with Gasteiger partial charge in [-0.2, -0.15) is 5.26 Å². The van der Waals surface area contributed by atoms with E-state index in [9.17, 15) is 20.2 Å². The maximum absolute atomic E-state index is 12.2. The number of aryl methyl sites for hydroxylation is 1. The number of nitrogens with one attached hydrogen (secondary N) is 1. The van der Waals surface area contributed by atoms with E-state index >= 15 is 0 Å². The molecule has 3 aromatic rings. The number of rotatable bonds is 6. The van der Waals surface area contributed by atoms with Crippen LogP contribution in [0.2, 0.25) is 0 Å². The number of hydrogen-bond acceptors (Lipinski definition) is 6. The molecule has 0 aliphatic carbocycles. The first-order chi connectivity index (χ1) is 13.5. The number of carbonyl (C=O) groups excluding carboxylic acids is 1. The zero-order chi connectivity index (χ0) is 20.1. The highest BCUT2D eigenvalue weighted by molar-refractivity contribution is 6.01. The fourth-order valence-electron chi connectivity index (χ4n) is 2.54. The zero-order valence-electron chi connectivity index (χ0n) is 14.8. The maximum atomic E-state index is 12.2. The van der Waals surface area contributed by atoms with Gasteiger partial charge in [0.1, 0.15) is 28.9 Å². The Bertz CT molecular complexity index is 1090. The Hall–Kier alpha value is -4.12. The zero-order valence-corrected chi connectivity index (χ0v) is 14.8. The fourth-order valence-corrected chi connectivity index (χ4v) is 2.54. The van der Waals surface area contributed by atoms with E-state index in [0.29, 0.717) is 11.3 Å². The molecule has 2 aromatic heterocycles. The van der Waals surface area contributed by atoms with E-state index in [4.69, 9.17) is 8.83 Å². The van der Waals surface area contributed by atoms with Crippen molar-refractivity contribution in [2.45, 2.75) is 13.5 Å². The number of nitriles is 1. The van der Waals surface area contributed by atoms with Gasteiger partial charge in [-0.05, 0) is 42.8 Å². The molecule has 0 fully saturated rings. The number of nitro groups is 1. The van der Waals surface area contributed by atoms with Crippen LogP contribution in [0.15, 0.2) is 63.1 Å². The monoisotopic (exact) mass is 377 g/mol. The Labute approximate surface area is 159 Å². The molecule has 28 heavy (non-hydrogen) atoms. The van der Waals surface area contributed by atoms with Gasteiger partial charge in [-0.25, -0.2) is 0 Å². The minimum atomic E-state index is -0.585. The molecule has 2 heterocycles. The van der Waals surface area contributed by atoms with Crippen LogP contribution in [0, 0.1) is 28.4 Å². The van der Waals surface area contributed by atoms with Crippen molar-refractivity contribution >= 4 is 17.7 Å². The van der Waals surface area contributed by atoms with Gasteiger partial charge in [-0.15, -0.1) is 0 Å². The van der Waals surface area contributed by atoms with E-state index in [1.54, 1.807) is 37.3 Å². The summed E-state index contributed by atoms with van der Waals surface area (Å²) >= 11 is 0. The predicted molar refractivity (Wildman–Crippen MR) is 99.7 cm³/mol. The summed E-state index contributed by atoms with van der Waals surface area (Å²) in [5, 5.41) is 23.1. The van der Waals surface area contributed by atoms with E-state index in [1.165, 1.54) is 24.5 Å². The van der Waals surface area contributed by atoms with Gasteiger partial charge in [0.05, 0.1) is 23.3 Å². The number of benzene rings is 1. The second-order valence-corrected chi connectivity index (χ2v) is 5.91. The third-order valence-electron chi connectivity index (χ3n) is 3.90. The van der Waals surface area contributed by atoms with Gasteiger partial charge in [-0.3, -0.25) is 14.9 Å². The minimum absolute atomic E-state index is 0.0819. The smallest absolute Gasteiger partial charge is 0.280 e. The minimum Gasteiger partial charge on any atom is -0.467 e. The lowest BCUT2D eigenvalue weighted by atomic mass is 10.1. The van der Waals surface area contributed by atoms with Crippen LogP contribution in [0.3, 0.4) is 0 Å². The topological polar surface area (TPSA) is 122 Å². The van der Waals surface area contributed by atoms with Crippen molar-refractivity contribution in [3.05, 3.63) is 81.5 Å². The van der Waals surface area contributed by atoms with Gasteiger partial charge in [-0.1, -0.05) is 6.07 Å². The second kappa shape index (κ2) is 8.05. The molecule has 0 saturated carbocycles.